The maximum Gasteiger partial charge on any atom is 0.180 e. The number of rotatable bonds is 4. The molecule has 0 spiro atoms. The Bertz CT molecular complexity index is 707. The fraction of sp³-hybridized carbons (Fsp3) is 0.0667. The van der Waals surface area contributed by atoms with Gasteiger partial charge in [-0.05, 0) is 33.6 Å². The summed E-state index contributed by atoms with van der Waals surface area (Å²) in [5, 5.41) is 7.94. The Kier molecular flexibility index (Phi) is 6.42. The number of halogens is 3. The maximum atomic E-state index is 13.8. The molecule has 3 nitrogen and oxygen atoms in total. The second-order valence-corrected chi connectivity index (χ2v) is 6.45. The largest absolute Gasteiger partial charge is 0.377 e. The molecule has 0 unspecified atom stereocenters. The third-order valence-corrected chi connectivity index (χ3v) is 4.76. The van der Waals surface area contributed by atoms with Crippen LogP contribution in [0.1, 0.15) is 11.1 Å². The third kappa shape index (κ3) is 4.83. The zero-order valence-electron chi connectivity index (χ0n) is 11.3. The van der Waals surface area contributed by atoms with Crippen LogP contribution in [0.2, 0.25) is 5.02 Å². The fourth-order valence-electron chi connectivity index (χ4n) is 1.55. The lowest BCUT2D eigenvalue weighted by Crippen LogP contribution is -2.06. The predicted octanol–water partition coefficient (Wildman–Crippen LogP) is 4.82. The molecule has 0 fully saturated rings. The lowest BCUT2D eigenvalue weighted by Gasteiger charge is -2.01. The molecule has 0 saturated heterocycles. The molecular weight excluding hydrogens is 389 g/mol. The molecule has 2 aromatic carbocycles. The molecule has 2 aromatic rings. The van der Waals surface area contributed by atoms with Gasteiger partial charge in [0.05, 0.1) is 11.2 Å². The van der Waals surface area contributed by atoms with Gasteiger partial charge in [0.1, 0.15) is 0 Å². The Labute approximate surface area is 145 Å². The maximum absolute atomic E-state index is 13.8. The van der Waals surface area contributed by atoms with Crippen molar-refractivity contribution >= 4 is 50.7 Å². The van der Waals surface area contributed by atoms with Gasteiger partial charge in [-0.25, -0.2) is 4.39 Å². The Morgan fingerprint density at radius 2 is 2.00 bits per heavy atom. The third-order valence-electron chi connectivity index (χ3n) is 2.65. The first-order chi connectivity index (χ1) is 10.6. The summed E-state index contributed by atoms with van der Waals surface area (Å²) in [6.45, 7) is 0. The zero-order valence-corrected chi connectivity index (χ0v) is 14.5. The van der Waals surface area contributed by atoms with Gasteiger partial charge in [0, 0.05) is 15.8 Å². The first-order valence-electron chi connectivity index (χ1n) is 6.24. The summed E-state index contributed by atoms with van der Waals surface area (Å²) < 4.78 is 14.3. The highest BCUT2D eigenvalue weighted by Crippen LogP contribution is 2.26. The summed E-state index contributed by atoms with van der Waals surface area (Å²) in [5.74, 6) is 0.148. The van der Waals surface area contributed by atoms with Gasteiger partial charge in [-0.3, -0.25) is 0 Å². The van der Waals surface area contributed by atoms with Crippen LogP contribution in [0.4, 0.5) is 4.39 Å². The number of nitrogens with zero attached hydrogens (tertiary/aromatic N) is 2. The lowest BCUT2D eigenvalue weighted by atomic mass is 10.2. The number of nitrogens with two attached hydrogens (primary N) is 1. The minimum atomic E-state index is -0.550. The summed E-state index contributed by atoms with van der Waals surface area (Å²) in [7, 11) is 0. The average Bonchev–Trinajstić information content (AvgIpc) is 2.54. The first kappa shape index (κ1) is 17.0. The number of amidine groups is 1. The molecule has 0 amide bonds. The molecule has 0 radical (unpaired) electrons. The van der Waals surface area contributed by atoms with Crippen molar-refractivity contribution in [2.45, 2.75) is 5.75 Å². The van der Waals surface area contributed by atoms with Crippen molar-refractivity contribution in [1.82, 2.24) is 0 Å². The van der Waals surface area contributed by atoms with Crippen LogP contribution in [0.3, 0.4) is 0 Å². The van der Waals surface area contributed by atoms with Gasteiger partial charge >= 0.3 is 0 Å². The summed E-state index contributed by atoms with van der Waals surface area (Å²) in [4.78, 5) is 0. The van der Waals surface area contributed by atoms with Crippen molar-refractivity contribution in [2.75, 3.05) is 0 Å². The topological polar surface area (TPSA) is 50.7 Å². The van der Waals surface area contributed by atoms with Crippen molar-refractivity contribution in [3.63, 3.8) is 0 Å². The van der Waals surface area contributed by atoms with Crippen LogP contribution in [0.15, 0.2) is 57.1 Å². The minimum absolute atomic E-state index is 0.0133. The van der Waals surface area contributed by atoms with E-state index in [2.05, 4.69) is 26.1 Å². The number of thioether (sulfide) groups is 1. The molecule has 0 aliphatic carbocycles. The van der Waals surface area contributed by atoms with E-state index in [1.165, 1.54) is 18.0 Å². The van der Waals surface area contributed by atoms with E-state index in [1.807, 2.05) is 30.3 Å². The van der Waals surface area contributed by atoms with Gasteiger partial charge < -0.3 is 5.73 Å². The Morgan fingerprint density at radius 1 is 1.27 bits per heavy atom. The van der Waals surface area contributed by atoms with Crippen LogP contribution in [-0.4, -0.2) is 11.4 Å². The van der Waals surface area contributed by atoms with E-state index in [4.69, 9.17) is 17.3 Å². The van der Waals surface area contributed by atoms with Crippen molar-refractivity contribution in [1.29, 1.82) is 0 Å². The van der Waals surface area contributed by atoms with E-state index in [-0.39, 0.29) is 10.6 Å². The van der Waals surface area contributed by atoms with Crippen LogP contribution in [-0.2, 0) is 5.75 Å². The van der Waals surface area contributed by atoms with Gasteiger partial charge in [0.25, 0.3) is 0 Å². The summed E-state index contributed by atoms with van der Waals surface area (Å²) in [6, 6.07) is 13.1. The molecule has 2 N–H and O–H groups in total. The molecule has 2 rings (SSSR count). The molecule has 114 valence electrons. The van der Waals surface area contributed by atoms with E-state index in [0.29, 0.717) is 15.4 Å². The minimum Gasteiger partial charge on any atom is -0.377 e. The fourth-order valence-corrected chi connectivity index (χ4v) is 2.64. The van der Waals surface area contributed by atoms with Gasteiger partial charge in [0.2, 0.25) is 0 Å². The average molecular weight is 401 g/mol. The lowest BCUT2D eigenvalue weighted by molar-refractivity contribution is 0.625. The summed E-state index contributed by atoms with van der Waals surface area (Å²) in [6.07, 6.45) is 1.28. The van der Waals surface area contributed by atoms with E-state index in [0.717, 1.165) is 5.56 Å². The van der Waals surface area contributed by atoms with Crippen LogP contribution in [0.25, 0.3) is 0 Å². The Balaban J connectivity index is 1.97. The van der Waals surface area contributed by atoms with E-state index < -0.39 is 5.82 Å². The Morgan fingerprint density at radius 3 is 2.73 bits per heavy atom. The van der Waals surface area contributed by atoms with Crippen molar-refractivity contribution in [2.24, 2.45) is 15.9 Å². The highest BCUT2D eigenvalue weighted by Gasteiger charge is 2.08. The highest BCUT2D eigenvalue weighted by molar-refractivity contribution is 9.10. The molecule has 0 aromatic heterocycles. The highest BCUT2D eigenvalue weighted by atomic mass is 79.9. The molecule has 7 heteroatoms. The molecule has 0 heterocycles. The van der Waals surface area contributed by atoms with Crippen LogP contribution >= 0.6 is 39.3 Å². The second kappa shape index (κ2) is 8.31. The van der Waals surface area contributed by atoms with Crippen molar-refractivity contribution in [3.05, 3.63) is 68.9 Å². The van der Waals surface area contributed by atoms with Crippen LogP contribution in [0.5, 0.6) is 0 Å². The van der Waals surface area contributed by atoms with Crippen LogP contribution < -0.4 is 5.73 Å². The van der Waals surface area contributed by atoms with Gasteiger partial charge in [-0.1, -0.05) is 53.7 Å². The quantitative estimate of drug-likeness (QED) is 0.346. The monoisotopic (exact) mass is 399 g/mol. The standard InChI is InChI=1S/C15H12BrClFN3S/c16-12-7-6-11(14(18)13(12)17)8-20-21-15(19)22-9-10-4-2-1-3-5-10/h1-8H,9H2,(H2,19,21). The summed E-state index contributed by atoms with van der Waals surface area (Å²) in [5.41, 5.74) is 7.14. The molecule has 0 atom stereocenters. The second-order valence-electron chi connectivity index (χ2n) is 4.22. The van der Waals surface area contributed by atoms with Gasteiger partial charge in [-0.15, -0.1) is 5.10 Å². The van der Waals surface area contributed by atoms with E-state index >= 15 is 0 Å². The van der Waals surface area contributed by atoms with Crippen molar-refractivity contribution in [3.8, 4) is 0 Å². The van der Waals surface area contributed by atoms with E-state index in [9.17, 15) is 4.39 Å². The molecule has 0 saturated carbocycles. The van der Waals surface area contributed by atoms with Crippen molar-refractivity contribution < 1.29 is 4.39 Å². The molecule has 0 bridgehead atoms. The number of hydrogen-bond acceptors (Lipinski definition) is 3. The first-order valence-corrected chi connectivity index (χ1v) is 8.40. The number of benzene rings is 2. The number of hydrogen-bond donors (Lipinski definition) is 1. The molecule has 0 aliphatic heterocycles. The SMILES string of the molecule is NC(=NN=Cc1ccc(Br)c(Cl)c1F)SCc1ccccc1. The molecule has 22 heavy (non-hydrogen) atoms. The predicted molar refractivity (Wildman–Crippen MR) is 96.1 cm³/mol. The normalized spacial score (nSPS) is 12.0. The van der Waals surface area contributed by atoms with Gasteiger partial charge in [0.15, 0.2) is 11.0 Å². The summed E-state index contributed by atoms with van der Waals surface area (Å²) >= 11 is 10.3. The van der Waals surface area contributed by atoms with Gasteiger partial charge in [-0.2, -0.15) is 5.10 Å². The van der Waals surface area contributed by atoms with E-state index in [1.54, 1.807) is 12.1 Å². The smallest absolute Gasteiger partial charge is 0.180 e. The molecule has 0 aliphatic rings. The zero-order chi connectivity index (χ0) is 15.9. The van der Waals surface area contributed by atoms with Crippen LogP contribution in [0, 0.1) is 5.82 Å². The molecular formula is C15H12BrClFN3S. The Hall–Kier alpha value is -1.37.